The average Bonchev–Trinajstić information content (AvgIpc) is 2.71. The van der Waals surface area contributed by atoms with E-state index >= 15 is 0 Å². The van der Waals surface area contributed by atoms with Gasteiger partial charge in [0, 0.05) is 18.0 Å². The van der Waals surface area contributed by atoms with Gasteiger partial charge < -0.3 is 5.11 Å². The highest BCUT2D eigenvalue weighted by Gasteiger charge is 2.10. The number of rotatable bonds is 6. The van der Waals surface area contributed by atoms with Crippen LogP contribution < -0.4 is 5.06 Å². The van der Waals surface area contributed by atoms with E-state index in [2.05, 4.69) is 16.8 Å². The minimum atomic E-state index is -0.159. The second-order valence-electron chi connectivity index (χ2n) is 5.62. The van der Waals surface area contributed by atoms with Crippen molar-refractivity contribution in [2.24, 2.45) is 0 Å². The molecule has 130 valence electrons. The first-order chi connectivity index (χ1) is 12.9. The summed E-state index contributed by atoms with van der Waals surface area (Å²) in [5.74, 6) is 5.66. The van der Waals surface area contributed by atoms with Crippen molar-refractivity contribution in [2.45, 2.75) is 13.2 Å². The number of aliphatic hydroxyl groups excluding tert-OH is 1. The van der Waals surface area contributed by atoms with E-state index < -0.39 is 0 Å². The second-order valence-corrected chi connectivity index (χ2v) is 5.62. The summed E-state index contributed by atoms with van der Waals surface area (Å²) >= 11 is 0. The molecule has 0 amide bonds. The zero-order chi connectivity index (χ0) is 18.0. The molecule has 3 rings (SSSR count). The molecule has 0 saturated carbocycles. The van der Waals surface area contributed by atoms with Crippen molar-refractivity contribution in [1.29, 1.82) is 0 Å². The van der Waals surface area contributed by atoms with E-state index in [4.69, 9.17) is 9.94 Å². The van der Waals surface area contributed by atoms with E-state index in [0.717, 1.165) is 22.4 Å². The molecule has 0 unspecified atom stereocenters. The smallest absolute Gasteiger partial charge is 0.104 e. The average molecular weight is 344 g/mol. The normalized spacial score (nSPS) is 10.0. The predicted octanol–water partition coefficient (Wildman–Crippen LogP) is 3.56. The summed E-state index contributed by atoms with van der Waals surface area (Å²) in [4.78, 5) is 10.2. The van der Waals surface area contributed by atoms with Crippen LogP contribution in [0.2, 0.25) is 0 Å². The number of benzene rings is 2. The van der Waals surface area contributed by atoms with Crippen molar-refractivity contribution in [3.05, 3.63) is 95.8 Å². The van der Waals surface area contributed by atoms with Gasteiger partial charge >= 0.3 is 0 Å². The van der Waals surface area contributed by atoms with Gasteiger partial charge in [-0.15, -0.1) is 0 Å². The van der Waals surface area contributed by atoms with E-state index in [-0.39, 0.29) is 6.61 Å². The molecule has 0 bridgehead atoms. The van der Waals surface area contributed by atoms with Crippen LogP contribution in [-0.2, 0) is 18.0 Å². The number of anilines is 1. The molecule has 3 aromatic rings. The monoisotopic (exact) mass is 344 g/mol. The van der Waals surface area contributed by atoms with Crippen LogP contribution in [0.1, 0.15) is 16.7 Å². The first kappa shape index (κ1) is 17.7. The third-order valence-corrected chi connectivity index (χ3v) is 3.82. The maximum Gasteiger partial charge on any atom is 0.104 e. The minimum absolute atomic E-state index is 0.159. The van der Waals surface area contributed by atoms with Gasteiger partial charge in [0.15, 0.2) is 0 Å². The maximum absolute atomic E-state index is 8.93. The van der Waals surface area contributed by atoms with Gasteiger partial charge in [-0.3, -0.25) is 9.82 Å². The topological polar surface area (TPSA) is 45.6 Å². The summed E-state index contributed by atoms with van der Waals surface area (Å²) in [5.41, 5.74) is 3.92. The van der Waals surface area contributed by atoms with Crippen molar-refractivity contribution in [1.82, 2.24) is 4.98 Å². The second kappa shape index (κ2) is 9.38. The number of para-hydroxylation sites is 1. The summed E-state index contributed by atoms with van der Waals surface area (Å²) in [6, 6.07) is 21.7. The molecule has 0 aliphatic carbocycles. The lowest BCUT2D eigenvalue weighted by Crippen LogP contribution is -2.23. The van der Waals surface area contributed by atoms with E-state index in [1.807, 2.05) is 71.8 Å². The number of aromatic nitrogens is 1. The van der Waals surface area contributed by atoms with Crippen molar-refractivity contribution < 1.29 is 9.94 Å². The quantitative estimate of drug-likeness (QED) is 0.549. The molecule has 26 heavy (non-hydrogen) atoms. The van der Waals surface area contributed by atoms with Gasteiger partial charge in [-0.05, 0) is 41.5 Å². The van der Waals surface area contributed by atoms with Gasteiger partial charge in [0.05, 0.1) is 12.2 Å². The Morgan fingerprint density at radius 2 is 1.65 bits per heavy atom. The van der Waals surface area contributed by atoms with Gasteiger partial charge in [0.1, 0.15) is 13.2 Å². The molecule has 0 radical (unpaired) electrons. The molecule has 2 aromatic carbocycles. The van der Waals surface area contributed by atoms with Gasteiger partial charge in [-0.2, -0.15) is 0 Å². The van der Waals surface area contributed by atoms with Crippen LogP contribution in [-0.4, -0.2) is 16.7 Å². The largest absolute Gasteiger partial charge is 0.384 e. The van der Waals surface area contributed by atoms with Crippen LogP contribution in [0.25, 0.3) is 0 Å². The lowest BCUT2D eigenvalue weighted by molar-refractivity contribution is 0.0907. The van der Waals surface area contributed by atoms with E-state index in [9.17, 15) is 0 Å². The van der Waals surface area contributed by atoms with Crippen molar-refractivity contribution in [3.8, 4) is 11.8 Å². The van der Waals surface area contributed by atoms with Crippen LogP contribution in [0.4, 0.5) is 5.69 Å². The predicted molar refractivity (Wildman–Crippen MR) is 102 cm³/mol. The van der Waals surface area contributed by atoms with Crippen molar-refractivity contribution >= 4 is 5.69 Å². The number of hydroxylamine groups is 1. The number of pyridine rings is 1. The van der Waals surface area contributed by atoms with E-state index in [1.54, 1.807) is 12.4 Å². The highest BCUT2D eigenvalue weighted by molar-refractivity contribution is 5.45. The Kier molecular flexibility index (Phi) is 6.38. The van der Waals surface area contributed by atoms with Crippen LogP contribution >= 0.6 is 0 Å². The molecule has 0 aliphatic rings. The van der Waals surface area contributed by atoms with Gasteiger partial charge in [-0.1, -0.05) is 48.2 Å². The summed E-state index contributed by atoms with van der Waals surface area (Å²) in [5, 5.41) is 10.8. The zero-order valence-electron chi connectivity index (χ0n) is 14.4. The third kappa shape index (κ3) is 4.93. The molecular formula is C22H20N2O2. The zero-order valence-corrected chi connectivity index (χ0v) is 14.4. The molecule has 0 saturated heterocycles. The van der Waals surface area contributed by atoms with Gasteiger partial charge in [-0.25, -0.2) is 5.06 Å². The van der Waals surface area contributed by atoms with Crippen LogP contribution in [0.5, 0.6) is 0 Å². The Labute approximate surface area is 153 Å². The summed E-state index contributed by atoms with van der Waals surface area (Å²) in [6.45, 7) is 0.834. The molecule has 4 nitrogen and oxygen atoms in total. The Morgan fingerprint density at radius 1 is 0.923 bits per heavy atom. The van der Waals surface area contributed by atoms with Crippen LogP contribution in [0.3, 0.4) is 0 Å². The van der Waals surface area contributed by atoms with Crippen LogP contribution in [0, 0.1) is 11.8 Å². The van der Waals surface area contributed by atoms with E-state index in [0.29, 0.717) is 13.2 Å². The number of nitrogens with zero attached hydrogens (tertiary/aromatic N) is 2. The standard InChI is InChI=1S/C22H20N2O2/c25-16-6-9-20-7-4-5-8-21(20)18-26-24(22-10-2-1-3-11-22)17-19-12-14-23-15-13-19/h1-5,7-8,10-15,25H,16-18H2. The maximum atomic E-state index is 8.93. The first-order valence-corrected chi connectivity index (χ1v) is 8.39. The Hall–Kier alpha value is -3.13. The third-order valence-electron chi connectivity index (χ3n) is 3.82. The summed E-state index contributed by atoms with van der Waals surface area (Å²) < 4.78 is 0. The van der Waals surface area contributed by atoms with Gasteiger partial charge in [0.25, 0.3) is 0 Å². The van der Waals surface area contributed by atoms with E-state index in [1.165, 1.54) is 0 Å². The lowest BCUT2D eigenvalue weighted by Gasteiger charge is -2.24. The lowest BCUT2D eigenvalue weighted by atomic mass is 10.1. The van der Waals surface area contributed by atoms with Gasteiger partial charge in [0.2, 0.25) is 0 Å². The fourth-order valence-electron chi connectivity index (χ4n) is 2.51. The summed E-state index contributed by atoms with van der Waals surface area (Å²) in [7, 11) is 0. The Morgan fingerprint density at radius 3 is 2.42 bits per heavy atom. The highest BCUT2D eigenvalue weighted by atomic mass is 16.7. The number of aliphatic hydroxyl groups is 1. The molecule has 1 aromatic heterocycles. The van der Waals surface area contributed by atoms with Crippen molar-refractivity contribution in [3.63, 3.8) is 0 Å². The molecule has 0 aliphatic heterocycles. The molecule has 1 heterocycles. The highest BCUT2D eigenvalue weighted by Crippen LogP contribution is 2.19. The molecule has 0 spiro atoms. The van der Waals surface area contributed by atoms with Crippen LogP contribution in [0.15, 0.2) is 79.1 Å². The number of hydrogen-bond donors (Lipinski definition) is 1. The Balaban J connectivity index is 1.79. The number of hydrogen-bond acceptors (Lipinski definition) is 4. The minimum Gasteiger partial charge on any atom is -0.384 e. The molecular weight excluding hydrogens is 324 g/mol. The molecule has 0 atom stereocenters. The Bertz CT molecular complexity index is 871. The first-order valence-electron chi connectivity index (χ1n) is 8.39. The molecule has 0 fully saturated rings. The summed E-state index contributed by atoms with van der Waals surface area (Å²) in [6.07, 6.45) is 3.55. The fourth-order valence-corrected chi connectivity index (χ4v) is 2.51. The molecule has 1 N–H and O–H groups in total. The fraction of sp³-hybridized carbons (Fsp3) is 0.136. The van der Waals surface area contributed by atoms with Crippen molar-refractivity contribution in [2.75, 3.05) is 11.7 Å². The molecule has 4 heteroatoms. The SMILES string of the molecule is OCC#Cc1ccccc1CON(Cc1ccncc1)c1ccccc1.